The quantitative estimate of drug-likeness (QED) is 0.661. The number of hydrogen-bond donors (Lipinski definition) is 0. The van der Waals surface area contributed by atoms with Gasteiger partial charge in [-0.25, -0.2) is 14.6 Å². The number of nitrogens with zero attached hydrogens (tertiary/aromatic N) is 4. The van der Waals surface area contributed by atoms with E-state index in [1.165, 1.54) is 0 Å². The zero-order valence-electron chi connectivity index (χ0n) is 17.7. The molecule has 3 heterocycles. The van der Waals surface area contributed by atoms with Crippen LogP contribution in [0.15, 0.2) is 47.4 Å². The maximum absolute atomic E-state index is 13.5. The molecule has 30 heavy (non-hydrogen) atoms. The second-order valence-electron chi connectivity index (χ2n) is 8.40. The van der Waals surface area contributed by atoms with E-state index in [0.29, 0.717) is 25.2 Å². The molecule has 158 valence electrons. The van der Waals surface area contributed by atoms with Gasteiger partial charge in [0.05, 0.1) is 24.4 Å². The number of benzene rings is 1. The molecule has 1 aliphatic heterocycles. The molecular formula is C22H26N4O4. The number of rotatable bonds is 3. The lowest BCUT2D eigenvalue weighted by Crippen LogP contribution is -2.36. The minimum Gasteiger partial charge on any atom is -0.497 e. The van der Waals surface area contributed by atoms with Crippen LogP contribution in [0, 0.1) is 0 Å². The van der Waals surface area contributed by atoms with Crippen LogP contribution in [-0.2, 0) is 4.74 Å². The smallest absolute Gasteiger partial charge is 0.410 e. The number of carbonyl (C=O) groups is 1. The molecule has 1 aromatic carbocycles. The highest BCUT2D eigenvalue weighted by atomic mass is 16.6. The van der Waals surface area contributed by atoms with Crippen LogP contribution < -0.4 is 10.4 Å². The van der Waals surface area contributed by atoms with E-state index in [1.54, 1.807) is 27.3 Å². The summed E-state index contributed by atoms with van der Waals surface area (Å²) in [7, 11) is 1.60. The summed E-state index contributed by atoms with van der Waals surface area (Å²) in [6, 6.07) is 10.9. The molecule has 0 spiro atoms. The minimum atomic E-state index is -0.558. The number of methoxy groups -OCH3 is 1. The standard InChI is InChI=1S/C22H26N4O4/c1-22(2,3)30-21(28)24-13-11-16(14-24)26-19-18(6-5-12-23-19)25(20(26)27)15-7-9-17(29-4)10-8-15/h5-10,12,16H,11,13-14H2,1-4H3/t16-/m0/s1. The highest BCUT2D eigenvalue weighted by Crippen LogP contribution is 2.27. The van der Waals surface area contributed by atoms with Gasteiger partial charge in [-0.15, -0.1) is 0 Å². The van der Waals surface area contributed by atoms with E-state index in [1.807, 2.05) is 57.2 Å². The summed E-state index contributed by atoms with van der Waals surface area (Å²) in [5.41, 5.74) is 1.33. The predicted octanol–water partition coefficient (Wildman–Crippen LogP) is 3.38. The average Bonchev–Trinajstić information content (AvgIpc) is 3.29. The van der Waals surface area contributed by atoms with Gasteiger partial charge in [0.15, 0.2) is 5.65 Å². The Hall–Kier alpha value is -3.29. The van der Waals surface area contributed by atoms with Gasteiger partial charge >= 0.3 is 11.8 Å². The van der Waals surface area contributed by atoms with Gasteiger partial charge in [-0.3, -0.25) is 9.13 Å². The molecule has 8 heteroatoms. The van der Waals surface area contributed by atoms with E-state index in [0.717, 1.165) is 17.0 Å². The third-order valence-corrected chi connectivity index (χ3v) is 5.14. The molecule has 0 radical (unpaired) electrons. The molecule has 3 aromatic rings. The van der Waals surface area contributed by atoms with Gasteiger partial charge in [-0.05, 0) is 63.6 Å². The van der Waals surface area contributed by atoms with Crippen molar-refractivity contribution in [2.45, 2.75) is 38.8 Å². The summed E-state index contributed by atoms with van der Waals surface area (Å²) in [6.45, 7) is 6.47. The van der Waals surface area contributed by atoms with Crippen LogP contribution in [0.3, 0.4) is 0 Å². The van der Waals surface area contributed by atoms with Crippen molar-refractivity contribution in [1.82, 2.24) is 19.0 Å². The van der Waals surface area contributed by atoms with Gasteiger partial charge in [-0.2, -0.15) is 0 Å². The summed E-state index contributed by atoms with van der Waals surface area (Å²) in [5.74, 6) is 0.720. The fraction of sp³-hybridized carbons (Fsp3) is 0.409. The van der Waals surface area contributed by atoms with E-state index in [4.69, 9.17) is 9.47 Å². The third-order valence-electron chi connectivity index (χ3n) is 5.14. The minimum absolute atomic E-state index is 0.165. The van der Waals surface area contributed by atoms with Crippen LogP contribution in [0.25, 0.3) is 16.9 Å². The number of ether oxygens (including phenoxy) is 2. The molecule has 1 amide bonds. The molecule has 0 aliphatic carbocycles. The van der Waals surface area contributed by atoms with Crippen LogP contribution in [-0.4, -0.2) is 50.9 Å². The summed E-state index contributed by atoms with van der Waals surface area (Å²) >= 11 is 0. The molecule has 1 atom stereocenters. The Morgan fingerprint density at radius 3 is 2.57 bits per heavy atom. The maximum Gasteiger partial charge on any atom is 0.410 e. The SMILES string of the molecule is COc1ccc(-n2c(=O)n([C@H]3CCN(C(=O)OC(C)(C)C)C3)c3ncccc32)cc1. The number of hydrogen-bond acceptors (Lipinski definition) is 5. The topological polar surface area (TPSA) is 78.6 Å². The van der Waals surface area contributed by atoms with Crippen molar-refractivity contribution in [3.63, 3.8) is 0 Å². The summed E-state index contributed by atoms with van der Waals surface area (Å²) < 4.78 is 14.1. The van der Waals surface area contributed by atoms with Gasteiger partial charge in [0.2, 0.25) is 0 Å². The molecule has 0 saturated carbocycles. The van der Waals surface area contributed by atoms with Crippen LogP contribution in [0.2, 0.25) is 0 Å². The second-order valence-corrected chi connectivity index (χ2v) is 8.40. The van der Waals surface area contributed by atoms with Crippen LogP contribution in [0.1, 0.15) is 33.2 Å². The van der Waals surface area contributed by atoms with Crippen molar-refractivity contribution in [3.05, 3.63) is 53.1 Å². The lowest BCUT2D eigenvalue weighted by atomic mass is 10.2. The first-order valence-electron chi connectivity index (χ1n) is 9.99. The van der Waals surface area contributed by atoms with Gasteiger partial charge in [0.1, 0.15) is 11.4 Å². The highest BCUT2D eigenvalue weighted by molar-refractivity contribution is 5.74. The number of carbonyl (C=O) groups excluding carboxylic acids is 1. The van der Waals surface area contributed by atoms with E-state index in [2.05, 4.69) is 4.98 Å². The molecule has 0 bridgehead atoms. The maximum atomic E-state index is 13.5. The molecule has 1 fully saturated rings. The number of imidazole rings is 1. The van der Waals surface area contributed by atoms with E-state index >= 15 is 0 Å². The van der Waals surface area contributed by atoms with Crippen molar-refractivity contribution in [2.24, 2.45) is 0 Å². The average molecular weight is 410 g/mol. The highest BCUT2D eigenvalue weighted by Gasteiger charge is 2.33. The molecular weight excluding hydrogens is 384 g/mol. The lowest BCUT2D eigenvalue weighted by molar-refractivity contribution is 0.0289. The third kappa shape index (κ3) is 3.65. The van der Waals surface area contributed by atoms with E-state index < -0.39 is 5.60 Å². The van der Waals surface area contributed by atoms with Crippen LogP contribution >= 0.6 is 0 Å². The first-order valence-corrected chi connectivity index (χ1v) is 9.99. The van der Waals surface area contributed by atoms with Crippen molar-refractivity contribution in [3.8, 4) is 11.4 Å². The summed E-state index contributed by atoms with van der Waals surface area (Å²) in [5, 5.41) is 0. The van der Waals surface area contributed by atoms with Crippen LogP contribution in [0.5, 0.6) is 5.75 Å². The monoisotopic (exact) mass is 410 g/mol. The Bertz CT molecular complexity index is 1120. The molecule has 1 aliphatic rings. The number of likely N-dealkylation sites (tertiary alicyclic amines) is 1. The van der Waals surface area contributed by atoms with Crippen molar-refractivity contribution >= 4 is 17.3 Å². The number of aromatic nitrogens is 3. The Labute approximate surface area is 174 Å². The largest absolute Gasteiger partial charge is 0.497 e. The van der Waals surface area contributed by atoms with Crippen molar-refractivity contribution in [2.75, 3.05) is 20.2 Å². The zero-order valence-corrected chi connectivity index (χ0v) is 17.7. The molecule has 0 N–H and O–H groups in total. The normalized spacial score (nSPS) is 16.8. The Balaban J connectivity index is 1.71. The first-order chi connectivity index (χ1) is 14.3. The Morgan fingerprint density at radius 2 is 1.90 bits per heavy atom. The second kappa shape index (κ2) is 7.51. The van der Waals surface area contributed by atoms with Gasteiger partial charge in [-0.1, -0.05) is 0 Å². The number of pyridine rings is 1. The fourth-order valence-electron chi connectivity index (χ4n) is 3.80. The van der Waals surface area contributed by atoms with Crippen molar-refractivity contribution < 1.29 is 14.3 Å². The Morgan fingerprint density at radius 1 is 1.17 bits per heavy atom. The molecule has 1 saturated heterocycles. The lowest BCUT2D eigenvalue weighted by Gasteiger charge is -2.24. The Kier molecular flexibility index (Phi) is 5.01. The summed E-state index contributed by atoms with van der Waals surface area (Å²) in [4.78, 5) is 32.0. The van der Waals surface area contributed by atoms with E-state index in [9.17, 15) is 9.59 Å². The van der Waals surface area contributed by atoms with Gasteiger partial charge in [0.25, 0.3) is 0 Å². The molecule has 8 nitrogen and oxygen atoms in total. The van der Waals surface area contributed by atoms with Crippen molar-refractivity contribution in [1.29, 1.82) is 0 Å². The molecule has 0 unspecified atom stereocenters. The number of fused-ring (bicyclic) bond motifs is 1. The molecule has 2 aromatic heterocycles. The molecule has 4 rings (SSSR count). The summed E-state index contributed by atoms with van der Waals surface area (Å²) in [6.07, 6.45) is 1.99. The van der Waals surface area contributed by atoms with Gasteiger partial charge < -0.3 is 14.4 Å². The van der Waals surface area contributed by atoms with Gasteiger partial charge in [0, 0.05) is 19.3 Å². The number of amides is 1. The van der Waals surface area contributed by atoms with Crippen LogP contribution in [0.4, 0.5) is 4.79 Å². The predicted molar refractivity (Wildman–Crippen MR) is 113 cm³/mol. The van der Waals surface area contributed by atoms with E-state index in [-0.39, 0.29) is 17.8 Å². The fourth-order valence-corrected chi connectivity index (χ4v) is 3.80. The first kappa shape index (κ1) is 20.0. The zero-order chi connectivity index (χ0) is 21.5.